The lowest BCUT2D eigenvalue weighted by atomic mass is 9.87. The molecule has 2 heterocycles. The van der Waals surface area contributed by atoms with Crippen molar-refractivity contribution in [1.82, 2.24) is 10.2 Å². The Balaban J connectivity index is 0.00000192. The van der Waals surface area contributed by atoms with Crippen LogP contribution in [0.15, 0.2) is 30.3 Å². The highest BCUT2D eigenvalue weighted by Gasteiger charge is 2.34. The van der Waals surface area contributed by atoms with Gasteiger partial charge < -0.3 is 10.2 Å². The van der Waals surface area contributed by atoms with Crippen molar-refractivity contribution >= 4 is 18.3 Å². The van der Waals surface area contributed by atoms with Crippen LogP contribution in [0.3, 0.4) is 0 Å². The second-order valence-electron chi connectivity index (χ2n) is 7.21. The van der Waals surface area contributed by atoms with Gasteiger partial charge in [-0.3, -0.25) is 4.79 Å². The summed E-state index contributed by atoms with van der Waals surface area (Å²) in [6.07, 6.45) is 2.31. The highest BCUT2D eigenvalue weighted by molar-refractivity contribution is 5.85. The summed E-state index contributed by atoms with van der Waals surface area (Å²) in [6.45, 7) is 8.45. The van der Waals surface area contributed by atoms with E-state index < -0.39 is 0 Å². The number of benzene rings is 1. The van der Waals surface area contributed by atoms with Gasteiger partial charge in [-0.05, 0) is 49.2 Å². The first kappa shape index (κ1) is 18.3. The predicted octanol–water partition coefficient (Wildman–Crippen LogP) is 3.31. The van der Waals surface area contributed by atoms with Gasteiger partial charge in [0.1, 0.15) is 0 Å². The number of carbonyl (C=O) groups is 1. The maximum Gasteiger partial charge on any atom is 0.230 e. The van der Waals surface area contributed by atoms with E-state index >= 15 is 0 Å². The van der Waals surface area contributed by atoms with Crippen molar-refractivity contribution in [2.75, 3.05) is 26.2 Å². The molecule has 2 saturated heterocycles. The number of nitrogens with zero attached hydrogens (tertiary/aromatic N) is 1. The third-order valence-electron chi connectivity index (χ3n) is 5.42. The van der Waals surface area contributed by atoms with Gasteiger partial charge in [-0.25, -0.2) is 0 Å². The molecule has 0 spiro atoms. The third kappa shape index (κ3) is 4.07. The Kier molecular flexibility index (Phi) is 6.49. The molecule has 0 saturated carbocycles. The predicted molar refractivity (Wildman–Crippen MR) is 96.9 cm³/mol. The number of hydrogen-bond donors (Lipinski definition) is 1. The first-order valence-corrected chi connectivity index (χ1v) is 8.71. The molecule has 3 rings (SSSR count). The molecule has 1 aromatic rings. The Bertz CT molecular complexity index is 491. The first-order valence-electron chi connectivity index (χ1n) is 8.71. The lowest BCUT2D eigenvalue weighted by Crippen LogP contribution is -2.38. The van der Waals surface area contributed by atoms with Crippen molar-refractivity contribution in [2.24, 2.45) is 17.8 Å². The van der Waals surface area contributed by atoms with Gasteiger partial charge in [-0.2, -0.15) is 0 Å². The van der Waals surface area contributed by atoms with Crippen molar-refractivity contribution in [3.05, 3.63) is 35.9 Å². The lowest BCUT2D eigenvalue weighted by molar-refractivity contribution is -0.133. The van der Waals surface area contributed by atoms with E-state index in [1.54, 1.807) is 0 Å². The number of halogens is 1. The van der Waals surface area contributed by atoms with Gasteiger partial charge >= 0.3 is 0 Å². The van der Waals surface area contributed by atoms with E-state index in [1.165, 1.54) is 0 Å². The molecule has 0 radical (unpaired) electrons. The van der Waals surface area contributed by atoms with Crippen LogP contribution >= 0.6 is 12.4 Å². The zero-order valence-electron chi connectivity index (χ0n) is 14.2. The van der Waals surface area contributed by atoms with E-state index in [-0.39, 0.29) is 18.3 Å². The van der Waals surface area contributed by atoms with Gasteiger partial charge in [0.15, 0.2) is 0 Å². The Morgan fingerprint density at radius 1 is 1.09 bits per heavy atom. The summed E-state index contributed by atoms with van der Waals surface area (Å²) >= 11 is 0. The summed E-state index contributed by atoms with van der Waals surface area (Å²) in [5, 5.41) is 3.50. The fraction of sp³-hybridized carbons (Fsp3) is 0.632. The minimum absolute atomic E-state index is 0. The Hall–Kier alpha value is -1.06. The monoisotopic (exact) mass is 336 g/mol. The molecule has 1 unspecified atom stereocenters. The molecule has 0 bridgehead atoms. The molecule has 3 nitrogen and oxygen atoms in total. The standard InChI is InChI=1S/C19H28N2O.ClH/c1-14(2)18(15-6-4-3-5-7-15)19(22)21-10-8-16-12-20-13-17(16)9-11-21;/h3-7,14,16-18,20H,8-13H2,1-2H3;1H/t16-,17+,18?;. The fourth-order valence-corrected chi connectivity index (χ4v) is 4.11. The number of amides is 1. The number of nitrogens with one attached hydrogen (secondary N) is 1. The largest absolute Gasteiger partial charge is 0.342 e. The Morgan fingerprint density at radius 2 is 1.65 bits per heavy atom. The molecule has 0 aromatic heterocycles. The number of likely N-dealkylation sites (tertiary alicyclic amines) is 1. The van der Waals surface area contributed by atoms with Gasteiger partial charge in [0, 0.05) is 13.1 Å². The van der Waals surface area contributed by atoms with Crippen LogP contribution in [0.2, 0.25) is 0 Å². The molecule has 3 atom stereocenters. The van der Waals surface area contributed by atoms with Crippen LogP contribution < -0.4 is 5.32 Å². The number of rotatable bonds is 3. The molecular formula is C19H29ClN2O. The second kappa shape index (κ2) is 8.16. The van der Waals surface area contributed by atoms with Crippen molar-refractivity contribution in [2.45, 2.75) is 32.6 Å². The van der Waals surface area contributed by atoms with E-state index in [2.05, 4.69) is 36.2 Å². The van der Waals surface area contributed by atoms with Crippen LogP contribution in [0.25, 0.3) is 0 Å². The highest BCUT2D eigenvalue weighted by atomic mass is 35.5. The normalized spacial score (nSPS) is 25.4. The summed E-state index contributed by atoms with van der Waals surface area (Å²) in [5.41, 5.74) is 1.16. The minimum atomic E-state index is -0.00253. The fourth-order valence-electron chi connectivity index (χ4n) is 4.11. The first-order chi connectivity index (χ1) is 10.7. The average Bonchev–Trinajstić information content (AvgIpc) is 2.86. The lowest BCUT2D eigenvalue weighted by Gasteiger charge is -2.29. The maximum absolute atomic E-state index is 13.1. The molecule has 128 valence electrons. The molecule has 2 aliphatic rings. The molecular weight excluding hydrogens is 308 g/mol. The highest BCUT2D eigenvalue weighted by Crippen LogP contribution is 2.31. The molecule has 1 N–H and O–H groups in total. The Morgan fingerprint density at radius 3 is 2.17 bits per heavy atom. The van der Waals surface area contributed by atoms with Gasteiger partial charge in [0.05, 0.1) is 5.92 Å². The molecule has 23 heavy (non-hydrogen) atoms. The van der Waals surface area contributed by atoms with Gasteiger partial charge in [0.25, 0.3) is 0 Å². The van der Waals surface area contributed by atoms with Crippen molar-refractivity contribution < 1.29 is 4.79 Å². The minimum Gasteiger partial charge on any atom is -0.342 e. The van der Waals surface area contributed by atoms with E-state index in [1.807, 2.05) is 18.2 Å². The van der Waals surface area contributed by atoms with Gasteiger partial charge in [-0.1, -0.05) is 44.2 Å². The van der Waals surface area contributed by atoms with Crippen LogP contribution in [-0.4, -0.2) is 37.0 Å². The smallest absolute Gasteiger partial charge is 0.230 e. The third-order valence-corrected chi connectivity index (χ3v) is 5.42. The molecule has 0 aliphatic carbocycles. The zero-order chi connectivity index (χ0) is 15.5. The van der Waals surface area contributed by atoms with Crippen molar-refractivity contribution in [3.63, 3.8) is 0 Å². The Labute approximate surface area is 146 Å². The van der Waals surface area contributed by atoms with Crippen LogP contribution in [-0.2, 0) is 4.79 Å². The summed E-state index contributed by atoms with van der Waals surface area (Å²) < 4.78 is 0. The molecule has 1 amide bonds. The van der Waals surface area contributed by atoms with E-state index in [4.69, 9.17) is 0 Å². The van der Waals surface area contributed by atoms with Crippen LogP contribution in [0.4, 0.5) is 0 Å². The summed E-state index contributed by atoms with van der Waals surface area (Å²) in [6, 6.07) is 10.3. The van der Waals surface area contributed by atoms with Crippen LogP contribution in [0.5, 0.6) is 0 Å². The SMILES string of the molecule is CC(C)C(C(=O)N1CC[C@@H]2CNC[C@@H]2CC1)c1ccccc1.Cl. The molecule has 4 heteroatoms. The second-order valence-corrected chi connectivity index (χ2v) is 7.21. The summed E-state index contributed by atoms with van der Waals surface area (Å²) in [4.78, 5) is 15.3. The quantitative estimate of drug-likeness (QED) is 0.918. The van der Waals surface area contributed by atoms with Gasteiger partial charge in [-0.15, -0.1) is 12.4 Å². The van der Waals surface area contributed by atoms with Crippen LogP contribution in [0.1, 0.15) is 38.2 Å². The van der Waals surface area contributed by atoms with Gasteiger partial charge in [0.2, 0.25) is 5.91 Å². The summed E-state index contributed by atoms with van der Waals surface area (Å²) in [5.74, 6) is 2.20. The topological polar surface area (TPSA) is 32.3 Å². The van der Waals surface area contributed by atoms with E-state index in [0.29, 0.717) is 11.8 Å². The average molecular weight is 337 g/mol. The zero-order valence-corrected chi connectivity index (χ0v) is 15.0. The number of fused-ring (bicyclic) bond motifs is 1. The molecule has 2 fully saturated rings. The van der Waals surface area contributed by atoms with E-state index in [9.17, 15) is 4.79 Å². The number of hydrogen-bond acceptors (Lipinski definition) is 2. The molecule has 2 aliphatic heterocycles. The van der Waals surface area contributed by atoms with Crippen molar-refractivity contribution in [3.8, 4) is 0 Å². The number of carbonyl (C=O) groups excluding carboxylic acids is 1. The van der Waals surface area contributed by atoms with E-state index in [0.717, 1.165) is 56.4 Å². The summed E-state index contributed by atoms with van der Waals surface area (Å²) in [7, 11) is 0. The van der Waals surface area contributed by atoms with Crippen molar-refractivity contribution in [1.29, 1.82) is 0 Å². The maximum atomic E-state index is 13.1. The molecule has 1 aromatic carbocycles. The van der Waals surface area contributed by atoms with Crippen LogP contribution in [0, 0.1) is 17.8 Å².